The van der Waals surface area contributed by atoms with Crippen molar-refractivity contribution in [3.63, 3.8) is 0 Å². The number of nitrogens with zero attached hydrogens (tertiary/aromatic N) is 1. The van der Waals surface area contributed by atoms with E-state index in [0.29, 0.717) is 17.1 Å². The second-order valence-corrected chi connectivity index (χ2v) is 5.90. The van der Waals surface area contributed by atoms with Gasteiger partial charge in [-0.2, -0.15) is 0 Å². The Morgan fingerprint density at radius 3 is 2.32 bits per heavy atom. The summed E-state index contributed by atoms with van der Waals surface area (Å²) in [5.74, 6) is 0.618. The van der Waals surface area contributed by atoms with Crippen LogP contribution < -0.4 is 14.4 Å². The molecule has 0 atom stereocenters. The Hall–Kier alpha value is -2.82. The third-order valence-corrected chi connectivity index (χ3v) is 3.74. The van der Waals surface area contributed by atoms with Gasteiger partial charge in [-0.3, -0.25) is 9.59 Å². The first-order valence-electron chi connectivity index (χ1n) is 8.13. The molecule has 132 valence electrons. The highest BCUT2D eigenvalue weighted by molar-refractivity contribution is 5.98. The second-order valence-electron chi connectivity index (χ2n) is 5.90. The molecule has 2 rings (SSSR count). The van der Waals surface area contributed by atoms with E-state index in [0.717, 1.165) is 5.69 Å². The van der Waals surface area contributed by atoms with Crippen molar-refractivity contribution < 1.29 is 19.1 Å². The molecule has 5 heteroatoms. The molecule has 0 saturated heterocycles. The molecule has 0 aliphatic heterocycles. The Morgan fingerprint density at radius 1 is 1.08 bits per heavy atom. The zero-order valence-electron chi connectivity index (χ0n) is 15.0. The van der Waals surface area contributed by atoms with E-state index >= 15 is 0 Å². The van der Waals surface area contributed by atoms with Gasteiger partial charge in [0.25, 0.3) is 5.91 Å². The van der Waals surface area contributed by atoms with E-state index in [1.807, 2.05) is 44.2 Å². The summed E-state index contributed by atoms with van der Waals surface area (Å²) in [6.45, 7) is 5.19. The van der Waals surface area contributed by atoms with Crippen molar-refractivity contribution in [2.24, 2.45) is 0 Å². The van der Waals surface area contributed by atoms with E-state index < -0.39 is 0 Å². The minimum absolute atomic E-state index is 0.0124. The monoisotopic (exact) mass is 341 g/mol. The fourth-order valence-corrected chi connectivity index (χ4v) is 2.56. The number of ether oxygens (including phenoxy) is 2. The molecule has 0 aliphatic carbocycles. The highest BCUT2D eigenvalue weighted by atomic mass is 16.5. The lowest BCUT2D eigenvalue weighted by molar-refractivity contribution is -0.120. The van der Waals surface area contributed by atoms with Gasteiger partial charge in [0.05, 0.1) is 12.7 Å². The van der Waals surface area contributed by atoms with Crippen LogP contribution in [0.2, 0.25) is 0 Å². The van der Waals surface area contributed by atoms with Gasteiger partial charge < -0.3 is 14.4 Å². The number of amides is 1. The Labute approximate surface area is 148 Å². The third kappa shape index (κ3) is 4.59. The normalized spacial score (nSPS) is 10.4. The molecule has 5 nitrogen and oxygen atoms in total. The lowest BCUT2D eigenvalue weighted by Crippen LogP contribution is -2.40. The van der Waals surface area contributed by atoms with E-state index in [9.17, 15) is 9.59 Å². The van der Waals surface area contributed by atoms with Crippen LogP contribution >= 0.6 is 0 Å². The lowest BCUT2D eigenvalue weighted by atomic mass is 10.1. The van der Waals surface area contributed by atoms with Crippen molar-refractivity contribution >= 4 is 17.4 Å². The molecule has 0 bridgehead atoms. The molecular weight excluding hydrogens is 318 g/mol. The Bertz CT molecular complexity index is 741. The number of rotatable bonds is 7. The van der Waals surface area contributed by atoms with Crippen LogP contribution in [0.4, 0.5) is 5.69 Å². The van der Waals surface area contributed by atoms with Crippen molar-refractivity contribution in [1.82, 2.24) is 0 Å². The lowest BCUT2D eigenvalue weighted by Gasteiger charge is -2.27. The smallest absolute Gasteiger partial charge is 0.265 e. The number of hydrogen-bond donors (Lipinski definition) is 0. The van der Waals surface area contributed by atoms with Crippen LogP contribution in [0.1, 0.15) is 31.1 Å². The number of para-hydroxylation sites is 1. The number of ketones is 1. The van der Waals surface area contributed by atoms with Gasteiger partial charge in [-0.05, 0) is 51.1 Å². The van der Waals surface area contributed by atoms with Gasteiger partial charge in [-0.25, -0.2) is 0 Å². The van der Waals surface area contributed by atoms with Crippen molar-refractivity contribution in [2.45, 2.75) is 26.8 Å². The molecule has 0 fully saturated rings. The highest BCUT2D eigenvalue weighted by Crippen LogP contribution is 2.25. The first kappa shape index (κ1) is 18.5. The second kappa shape index (κ2) is 8.33. The number of benzene rings is 2. The number of anilines is 1. The average molecular weight is 341 g/mol. The number of carbonyl (C=O) groups excluding carboxylic acids is 2. The fourth-order valence-electron chi connectivity index (χ4n) is 2.56. The highest BCUT2D eigenvalue weighted by Gasteiger charge is 2.20. The molecule has 0 radical (unpaired) electrons. The van der Waals surface area contributed by atoms with Crippen LogP contribution in [0.3, 0.4) is 0 Å². The van der Waals surface area contributed by atoms with Crippen LogP contribution in [-0.2, 0) is 4.79 Å². The SMILES string of the molecule is COc1ccc(OCC(=O)N(c2ccccc2)C(C)C)c(C(C)=O)c1. The molecule has 0 N–H and O–H groups in total. The maximum atomic E-state index is 12.7. The first-order valence-corrected chi connectivity index (χ1v) is 8.13. The molecule has 0 saturated carbocycles. The Kier molecular flexibility index (Phi) is 6.17. The van der Waals surface area contributed by atoms with E-state index in [4.69, 9.17) is 9.47 Å². The molecule has 2 aromatic rings. The third-order valence-electron chi connectivity index (χ3n) is 3.74. The van der Waals surface area contributed by atoms with Gasteiger partial charge in [0, 0.05) is 11.7 Å². The standard InChI is InChI=1S/C20H23NO4/c1-14(2)21(16-8-6-5-7-9-16)20(23)13-25-19-11-10-17(24-4)12-18(19)15(3)22/h5-12,14H,13H2,1-4H3. The summed E-state index contributed by atoms with van der Waals surface area (Å²) >= 11 is 0. The summed E-state index contributed by atoms with van der Waals surface area (Å²) in [5, 5.41) is 0. The largest absolute Gasteiger partial charge is 0.497 e. The molecule has 1 amide bonds. The quantitative estimate of drug-likeness (QED) is 0.720. The topological polar surface area (TPSA) is 55.8 Å². The van der Waals surface area contributed by atoms with E-state index in [1.165, 1.54) is 14.0 Å². The molecule has 2 aromatic carbocycles. The molecule has 25 heavy (non-hydrogen) atoms. The molecule has 0 unspecified atom stereocenters. The van der Waals surface area contributed by atoms with Gasteiger partial charge in [-0.1, -0.05) is 18.2 Å². The minimum Gasteiger partial charge on any atom is -0.497 e. The van der Waals surface area contributed by atoms with Crippen molar-refractivity contribution in [3.8, 4) is 11.5 Å². The summed E-state index contributed by atoms with van der Waals surface area (Å²) in [4.78, 5) is 26.1. The van der Waals surface area contributed by atoms with Crippen molar-refractivity contribution in [1.29, 1.82) is 0 Å². The number of carbonyl (C=O) groups is 2. The van der Waals surface area contributed by atoms with Crippen LogP contribution in [0.25, 0.3) is 0 Å². The first-order chi connectivity index (χ1) is 11.9. The fraction of sp³-hybridized carbons (Fsp3) is 0.300. The predicted molar refractivity (Wildman–Crippen MR) is 97.6 cm³/mol. The average Bonchev–Trinajstić information content (AvgIpc) is 2.60. The Balaban J connectivity index is 2.17. The van der Waals surface area contributed by atoms with Crippen LogP contribution in [0.15, 0.2) is 48.5 Å². The van der Waals surface area contributed by atoms with Crippen molar-refractivity contribution in [2.75, 3.05) is 18.6 Å². The van der Waals surface area contributed by atoms with Gasteiger partial charge in [0.1, 0.15) is 11.5 Å². The van der Waals surface area contributed by atoms with Gasteiger partial charge in [-0.15, -0.1) is 0 Å². The maximum Gasteiger partial charge on any atom is 0.265 e. The number of hydrogen-bond acceptors (Lipinski definition) is 4. The van der Waals surface area contributed by atoms with Crippen LogP contribution in [-0.4, -0.2) is 31.4 Å². The number of Topliss-reactive ketones (excluding diaryl/α,β-unsaturated/α-hetero) is 1. The molecule has 0 spiro atoms. The van der Waals surface area contributed by atoms with Crippen LogP contribution in [0, 0.1) is 0 Å². The molecule has 0 heterocycles. The minimum atomic E-state index is -0.175. The number of methoxy groups -OCH3 is 1. The van der Waals surface area contributed by atoms with E-state index in [2.05, 4.69) is 0 Å². The van der Waals surface area contributed by atoms with Gasteiger partial charge in [0.15, 0.2) is 12.4 Å². The molecule has 0 aliphatic rings. The zero-order chi connectivity index (χ0) is 18.4. The molecule has 0 aromatic heterocycles. The van der Waals surface area contributed by atoms with Gasteiger partial charge >= 0.3 is 0 Å². The summed E-state index contributed by atoms with van der Waals surface area (Å²) < 4.78 is 10.8. The van der Waals surface area contributed by atoms with Crippen molar-refractivity contribution in [3.05, 3.63) is 54.1 Å². The predicted octanol–water partition coefficient (Wildman–Crippen LogP) is 3.72. The summed E-state index contributed by atoms with van der Waals surface area (Å²) in [6, 6.07) is 14.4. The van der Waals surface area contributed by atoms with E-state index in [-0.39, 0.29) is 24.3 Å². The zero-order valence-corrected chi connectivity index (χ0v) is 15.0. The summed E-state index contributed by atoms with van der Waals surface area (Å²) in [6.07, 6.45) is 0. The maximum absolute atomic E-state index is 12.7. The van der Waals surface area contributed by atoms with Crippen LogP contribution in [0.5, 0.6) is 11.5 Å². The van der Waals surface area contributed by atoms with E-state index in [1.54, 1.807) is 23.1 Å². The molecular formula is C20H23NO4. The summed E-state index contributed by atoms with van der Waals surface area (Å²) in [7, 11) is 1.53. The van der Waals surface area contributed by atoms with Gasteiger partial charge in [0.2, 0.25) is 0 Å². The summed E-state index contributed by atoms with van der Waals surface area (Å²) in [5.41, 5.74) is 1.20. The Morgan fingerprint density at radius 2 is 1.76 bits per heavy atom.